The zero-order valence-electron chi connectivity index (χ0n) is 15.3. The number of esters is 1. The molecule has 2 nitrogen and oxygen atoms in total. The number of hydrogen-bond donors (Lipinski definition) is 0. The molecule has 0 rings (SSSR count). The lowest BCUT2D eigenvalue weighted by Gasteiger charge is -2.07. The van der Waals surface area contributed by atoms with E-state index in [0.29, 0.717) is 0 Å². The third kappa shape index (κ3) is 15.6. The average molecular weight is 311 g/mol. The highest BCUT2D eigenvalue weighted by atomic mass is 16.5. The Hall–Kier alpha value is -0.790. The molecule has 0 fully saturated rings. The summed E-state index contributed by atoms with van der Waals surface area (Å²) in [5.74, 6) is 0.719. The summed E-state index contributed by atoms with van der Waals surface area (Å²) in [5, 5.41) is 0. The highest BCUT2D eigenvalue weighted by molar-refractivity contribution is 5.67. The molecule has 0 aliphatic carbocycles. The van der Waals surface area contributed by atoms with E-state index in [9.17, 15) is 4.79 Å². The number of unbranched alkanes of at least 4 members (excludes halogenated alkanes) is 11. The lowest BCUT2D eigenvalue weighted by atomic mass is 10.1. The van der Waals surface area contributed by atoms with Crippen molar-refractivity contribution in [1.82, 2.24) is 0 Å². The quantitative estimate of drug-likeness (QED) is 0.186. The zero-order valence-corrected chi connectivity index (χ0v) is 15.3. The molecule has 0 saturated heterocycles. The molecule has 0 bridgehead atoms. The number of ether oxygens (including phenoxy) is 1. The Labute approximate surface area is 138 Å². The average Bonchev–Trinajstić information content (AvgIpc) is 2.49. The van der Waals surface area contributed by atoms with Crippen LogP contribution in [0, 0.1) is 0 Å². The first-order chi connectivity index (χ1) is 10.7. The maximum atomic E-state index is 11.2. The molecule has 0 aliphatic rings. The predicted octanol–water partition coefficient (Wildman–Crippen LogP) is 6.93. The van der Waals surface area contributed by atoms with Crippen LogP contribution in [-0.4, -0.2) is 5.97 Å². The molecule has 2 heteroatoms. The number of carbonyl (C=O) groups excluding carboxylic acids is 1. The molecule has 0 aliphatic heterocycles. The lowest BCUT2D eigenvalue weighted by Crippen LogP contribution is -1.99. The minimum Gasteiger partial charge on any atom is -0.432 e. The van der Waals surface area contributed by atoms with Gasteiger partial charge in [-0.05, 0) is 25.3 Å². The maximum Gasteiger partial charge on any atom is 0.307 e. The van der Waals surface area contributed by atoms with E-state index in [1.807, 2.05) is 0 Å². The van der Waals surface area contributed by atoms with Crippen molar-refractivity contribution in [2.45, 2.75) is 111 Å². The number of rotatable bonds is 15. The second-order valence-electron chi connectivity index (χ2n) is 6.34. The van der Waals surface area contributed by atoms with Crippen molar-refractivity contribution >= 4 is 5.97 Å². The largest absolute Gasteiger partial charge is 0.432 e. The van der Waals surface area contributed by atoms with Gasteiger partial charge in [-0.3, -0.25) is 4.79 Å². The number of carbonyl (C=O) groups is 1. The van der Waals surface area contributed by atoms with E-state index in [-0.39, 0.29) is 5.97 Å². The van der Waals surface area contributed by atoms with Crippen LogP contribution in [0.15, 0.2) is 11.8 Å². The molecule has 0 saturated carbocycles. The van der Waals surface area contributed by atoms with Gasteiger partial charge in [-0.15, -0.1) is 0 Å². The Morgan fingerprint density at radius 3 is 1.82 bits per heavy atom. The standard InChI is InChI=1S/C20H38O2/c1-4-6-8-10-12-14-16-18-20(22-19(3)21)17-15-13-11-9-7-5-2/h18H,4-17H2,1-3H3. The summed E-state index contributed by atoms with van der Waals surface area (Å²) in [6, 6.07) is 0. The second-order valence-corrected chi connectivity index (χ2v) is 6.34. The van der Waals surface area contributed by atoms with E-state index in [1.165, 1.54) is 77.6 Å². The van der Waals surface area contributed by atoms with Crippen LogP contribution in [0.4, 0.5) is 0 Å². The molecule has 0 radical (unpaired) electrons. The molecule has 0 N–H and O–H groups in total. The summed E-state index contributed by atoms with van der Waals surface area (Å²) >= 11 is 0. The highest BCUT2D eigenvalue weighted by Crippen LogP contribution is 2.15. The maximum absolute atomic E-state index is 11.2. The molecule has 22 heavy (non-hydrogen) atoms. The normalized spacial score (nSPS) is 11.7. The Kier molecular flexibility index (Phi) is 16.0. The monoisotopic (exact) mass is 310 g/mol. The summed E-state index contributed by atoms with van der Waals surface area (Å²) in [4.78, 5) is 11.2. The Balaban J connectivity index is 3.80. The predicted molar refractivity (Wildman–Crippen MR) is 95.8 cm³/mol. The SMILES string of the molecule is CCCCCCCCC=C(CCCCCCCC)OC(C)=O. The number of allylic oxidation sites excluding steroid dienone is 2. The van der Waals surface area contributed by atoms with E-state index in [4.69, 9.17) is 4.74 Å². The molecule has 0 aromatic heterocycles. The number of hydrogen-bond acceptors (Lipinski definition) is 2. The van der Waals surface area contributed by atoms with Crippen molar-refractivity contribution in [3.63, 3.8) is 0 Å². The fraction of sp³-hybridized carbons (Fsp3) is 0.850. The fourth-order valence-electron chi connectivity index (χ4n) is 2.65. The third-order valence-electron chi connectivity index (χ3n) is 3.98. The van der Waals surface area contributed by atoms with Crippen molar-refractivity contribution in [2.24, 2.45) is 0 Å². The third-order valence-corrected chi connectivity index (χ3v) is 3.98. The minimum atomic E-state index is -0.180. The van der Waals surface area contributed by atoms with Crippen LogP contribution in [0.1, 0.15) is 111 Å². The van der Waals surface area contributed by atoms with Gasteiger partial charge in [0, 0.05) is 13.3 Å². The summed E-state index contributed by atoms with van der Waals surface area (Å²) in [7, 11) is 0. The molecular formula is C20H38O2. The van der Waals surface area contributed by atoms with Gasteiger partial charge in [-0.25, -0.2) is 0 Å². The van der Waals surface area contributed by atoms with Crippen LogP contribution in [0.2, 0.25) is 0 Å². The van der Waals surface area contributed by atoms with Crippen molar-refractivity contribution in [1.29, 1.82) is 0 Å². The van der Waals surface area contributed by atoms with Crippen LogP contribution >= 0.6 is 0 Å². The minimum absolute atomic E-state index is 0.180. The van der Waals surface area contributed by atoms with E-state index >= 15 is 0 Å². The van der Waals surface area contributed by atoms with Gasteiger partial charge in [0.05, 0.1) is 0 Å². The molecular weight excluding hydrogens is 272 g/mol. The van der Waals surface area contributed by atoms with Gasteiger partial charge in [0.15, 0.2) is 0 Å². The topological polar surface area (TPSA) is 26.3 Å². The molecule has 130 valence electrons. The van der Waals surface area contributed by atoms with Gasteiger partial charge in [0.1, 0.15) is 5.76 Å². The van der Waals surface area contributed by atoms with Gasteiger partial charge >= 0.3 is 5.97 Å². The first kappa shape index (κ1) is 21.2. The summed E-state index contributed by atoms with van der Waals surface area (Å²) in [6.45, 7) is 5.99. The Bertz CT molecular complexity index is 281. The fourth-order valence-corrected chi connectivity index (χ4v) is 2.65. The highest BCUT2D eigenvalue weighted by Gasteiger charge is 2.02. The van der Waals surface area contributed by atoms with Gasteiger partial charge < -0.3 is 4.74 Å². The zero-order chi connectivity index (χ0) is 16.5. The van der Waals surface area contributed by atoms with Gasteiger partial charge in [0.25, 0.3) is 0 Å². The summed E-state index contributed by atoms with van der Waals surface area (Å²) in [6.07, 6.45) is 19.6. The molecule has 0 aromatic rings. The van der Waals surface area contributed by atoms with Crippen molar-refractivity contribution < 1.29 is 9.53 Å². The molecule has 0 amide bonds. The summed E-state index contributed by atoms with van der Waals surface area (Å²) < 4.78 is 5.35. The van der Waals surface area contributed by atoms with E-state index in [2.05, 4.69) is 19.9 Å². The van der Waals surface area contributed by atoms with Gasteiger partial charge in [0.2, 0.25) is 0 Å². The van der Waals surface area contributed by atoms with Crippen molar-refractivity contribution in [3.05, 3.63) is 11.8 Å². The summed E-state index contributed by atoms with van der Waals surface area (Å²) in [5.41, 5.74) is 0. The van der Waals surface area contributed by atoms with Gasteiger partial charge in [-0.1, -0.05) is 78.1 Å². The first-order valence-electron chi connectivity index (χ1n) is 9.58. The lowest BCUT2D eigenvalue weighted by molar-refractivity contribution is -0.137. The van der Waals surface area contributed by atoms with Crippen LogP contribution in [0.3, 0.4) is 0 Å². The Morgan fingerprint density at radius 1 is 0.773 bits per heavy atom. The van der Waals surface area contributed by atoms with Crippen LogP contribution < -0.4 is 0 Å². The first-order valence-corrected chi connectivity index (χ1v) is 9.58. The molecule has 0 atom stereocenters. The molecule has 0 aromatic carbocycles. The van der Waals surface area contributed by atoms with Crippen LogP contribution in [0.5, 0.6) is 0 Å². The van der Waals surface area contributed by atoms with E-state index in [0.717, 1.165) is 25.0 Å². The van der Waals surface area contributed by atoms with Gasteiger partial charge in [-0.2, -0.15) is 0 Å². The molecule has 0 unspecified atom stereocenters. The van der Waals surface area contributed by atoms with Crippen molar-refractivity contribution in [2.75, 3.05) is 0 Å². The van der Waals surface area contributed by atoms with Crippen molar-refractivity contribution in [3.8, 4) is 0 Å². The smallest absolute Gasteiger partial charge is 0.307 e. The van der Waals surface area contributed by atoms with E-state index < -0.39 is 0 Å². The second kappa shape index (κ2) is 16.6. The van der Waals surface area contributed by atoms with E-state index in [1.54, 1.807) is 0 Å². The Morgan fingerprint density at radius 2 is 1.27 bits per heavy atom. The van der Waals surface area contributed by atoms with Crippen LogP contribution in [0.25, 0.3) is 0 Å². The molecule has 0 heterocycles. The van der Waals surface area contributed by atoms with Crippen LogP contribution in [-0.2, 0) is 9.53 Å². The molecule has 0 spiro atoms.